The van der Waals surface area contributed by atoms with E-state index in [1.165, 1.54) is 4.90 Å². The smallest absolute Gasteiger partial charge is 0.321 e. The van der Waals surface area contributed by atoms with Crippen LogP contribution in [0.4, 0.5) is 0 Å². The number of nitrogens with one attached hydrogen (secondary N) is 1. The van der Waals surface area contributed by atoms with Crippen molar-refractivity contribution in [3.05, 3.63) is 0 Å². The second kappa shape index (κ2) is 4.50. The number of halogens is 1. The van der Waals surface area contributed by atoms with Crippen LogP contribution < -0.4 is 4.90 Å². The summed E-state index contributed by atoms with van der Waals surface area (Å²) in [5.74, 6) is 0.147. The fourth-order valence-electron chi connectivity index (χ4n) is 2.77. The van der Waals surface area contributed by atoms with E-state index in [2.05, 4.69) is 29.6 Å². The molecule has 17 heavy (non-hydrogen) atoms. The van der Waals surface area contributed by atoms with Gasteiger partial charge in [0.1, 0.15) is 15.2 Å². The third-order valence-electron chi connectivity index (χ3n) is 3.86. The van der Waals surface area contributed by atoms with Crippen molar-refractivity contribution >= 4 is 34.3 Å². The molecule has 4 nitrogen and oxygen atoms in total. The third kappa shape index (κ3) is 2.65. The lowest BCUT2D eigenvalue weighted by molar-refractivity contribution is -0.919. The predicted octanol–water partition coefficient (Wildman–Crippen LogP) is 0.130. The van der Waals surface area contributed by atoms with Gasteiger partial charge in [-0.25, -0.2) is 0 Å². The first-order chi connectivity index (χ1) is 7.79. The van der Waals surface area contributed by atoms with Crippen molar-refractivity contribution in [1.29, 1.82) is 0 Å². The maximum Gasteiger partial charge on any atom is 0.321 e. The first kappa shape index (κ1) is 13.3. The minimum absolute atomic E-state index is 0.0759. The van der Waals surface area contributed by atoms with E-state index < -0.39 is 3.42 Å². The highest BCUT2D eigenvalue weighted by Crippen LogP contribution is 2.26. The van der Waals surface area contributed by atoms with Crippen molar-refractivity contribution in [1.82, 2.24) is 0 Å². The molecule has 1 N–H and O–H groups in total. The number of carbonyl (C=O) groups is 2. The van der Waals surface area contributed by atoms with Crippen LogP contribution in [-0.4, -0.2) is 40.4 Å². The number of carbonyl (C=O) groups excluding carboxylic acids is 2. The SMILES string of the molecule is C[NH+]1C2CC(=O)CC1C(OC(=O)C(C)(C)I)C2. The number of piperidine rings is 1. The molecular weight excluding hydrogens is 333 g/mol. The summed E-state index contributed by atoms with van der Waals surface area (Å²) in [5.41, 5.74) is 0. The minimum Gasteiger partial charge on any atom is -0.455 e. The minimum atomic E-state index is -0.494. The highest BCUT2D eigenvalue weighted by molar-refractivity contribution is 14.1. The second-order valence-electron chi connectivity index (χ2n) is 5.65. The molecule has 2 rings (SSSR count). The lowest BCUT2D eigenvalue weighted by Crippen LogP contribution is -3.16. The predicted molar refractivity (Wildman–Crippen MR) is 71.3 cm³/mol. The Balaban J connectivity index is 2.05. The molecule has 4 atom stereocenters. The zero-order chi connectivity index (χ0) is 12.8. The number of alkyl halides is 1. The number of quaternary nitrogens is 1. The van der Waals surface area contributed by atoms with E-state index in [-0.39, 0.29) is 18.1 Å². The zero-order valence-corrected chi connectivity index (χ0v) is 12.6. The molecule has 2 aliphatic heterocycles. The molecule has 2 saturated heterocycles. The van der Waals surface area contributed by atoms with Gasteiger partial charge in [-0.2, -0.15) is 0 Å². The summed E-state index contributed by atoms with van der Waals surface area (Å²) in [5, 5.41) is 0. The lowest BCUT2D eigenvalue weighted by atomic mass is 10.0. The van der Waals surface area contributed by atoms with Gasteiger partial charge in [-0.15, -0.1) is 0 Å². The Bertz CT molecular complexity index is 350. The molecule has 96 valence electrons. The van der Waals surface area contributed by atoms with Crippen molar-refractivity contribution in [2.75, 3.05) is 7.05 Å². The summed E-state index contributed by atoms with van der Waals surface area (Å²) in [4.78, 5) is 24.8. The number of Topliss-reactive ketones (excluding diaryl/α,β-unsaturated/α-hetero) is 1. The van der Waals surface area contributed by atoms with Gasteiger partial charge in [-0.05, 0) is 13.8 Å². The van der Waals surface area contributed by atoms with Gasteiger partial charge in [0.05, 0.1) is 25.9 Å². The normalized spacial score (nSPS) is 37.1. The Hall–Kier alpha value is -0.170. The molecule has 0 aromatic rings. The summed E-state index contributed by atoms with van der Waals surface area (Å²) in [6, 6.07) is 0.514. The molecule has 0 amide bonds. The number of hydrogen-bond donors (Lipinski definition) is 1. The van der Waals surface area contributed by atoms with Crippen LogP contribution in [0.3, 0.4) is 0 Å². The summed E-state index contributed by atoms with van der Waals surface area (Å²) in [6.07, 6.45) is 1.96. The van der Waals surface area contributed by atoms with Crippen LogP contribution in [0.15, 0.2) is 0 Å². The molecule has 5 heteroatoms. The molecule has 0 aromatic carbocycles. The van der Waals surface area contributed by atoms with E-state index in [0.717, 1.165) is 6.42 Å². The Kier molecular flexibility index (Phi) is 3.51. The van der Waals surface area contributed by atoms with Crippen molar-refractivity contribution < 1.29 is 19.2 Å². The van der Waals surface area contributed by atoms with E-state index in [0.29, 0.717) is 24.7 Å². The molecular formula is C12H19INO3+. The Morgan fingerprint density at radius 3 is 2.71 bits per heavy atom. The first-order valence-corrected chi connectivity index (χ1v) is 7.12. The zero-order valence-electron chi connectivity index (χ0n) is 10.5. The summed E-state index contributed by atoms with van der Waals surface area (Å²) in [7, 11) is 2.10. The third-order valence-corrected chi connectivity index (χ3v) is 4.30. The molecule has 2 fully saturated rings. The second-order valence-corrected chi connectivity index (χ2v) is 8.34. The van der Waals surface area contributed by atoms with E-state index >= 15 is 0 Å². The highest BCUT2D eigenvalue weighted by Gasteiger charge is 2.51. The van der Waals surface area contributed by atoms with Crippen LogP contribution in [0.5, 0.6) is 0 Å². The van der Waals surface area contributed by atoms with E-state index in [9.17, 15) is 9.59 Å². The number of esters is 1. The van der Waals surface area contributed by atoms with Gasteiger partial charge in [-0.1, -0.05) is 22.6 Å². The average Bonchev–Trinajstić information content (AvgIpc) is 2.40. The summed E-state index contributed by atoms with van der Waals surface area (Å²) >= 11 is 2.09. The van der Waals surface area contributed by atoms with Gasteiger partial charge in [-0.3, -0.25) is 9.59 Å². The van der Waals surface area contributed by atoms with Crippen LogP contribution in [0.1, 0.15) is 33.1 Å². The van der Waals surface area contributed by atoms with Crippen molar-refractivity contribution in [2.45, 2.75) is 54.7 Å². The number of fused-ring (bicyclic) bond motifs is 2. The fraction of sp³-hybridized carbons (Fsp3) is 0.833. The molecule has 0 aliphatic carbocycles. The molecule has 0 aromatic heterocycles. The number of ether oxygens (including phenoxy) is 1. The topological polar surface area (TPSA) is 47.8 Å². The monoisotopic (exact) mass is 352 g/mol. The lowest BCUT2D eigenvalue weighted by Gasteiger charge is -2.28. The Morgan fingerprint density at radius 2 is 2.12 bits per heavy atom. The molecule has 2 aliphatic rings. The van der Waals surface area contributed by atoms with Gasteiger partial charge in [0.25, 0.3) is 0 Å². The van der Waals surface area contributed by atoms with Crippen molar-refractivity contribution in [3.63, 3.8) is 0 Å². The van der Waals surface area contributed by atoms with Crippen molar-refractivity contribution in [3.8, 4) is 0 Å². The Morgan fingerprint density at radius 1 is 1.47 bits per heavy atom. The highest BCUT2D eigenvalue weighted by atomic mass is 127. The number of likely N-dealkylation sites (N-methyl/N-ethyl adjacent to an activating group) is 1. The average molecular weight is 352 g/mol. The van der Waals surface area contributed by atoms with Gasteiger partial charge < -0.3 is 9.64 Å². The van der Waals surface area contributed by atoms with Gasteiger partial charge in [0.15, 0.2) is 6.10 Å². The first-order valence-electron chi connectivity index (χ1n) is 6.04. The van der Waals surface area contributed by atoms with Crippen LogP contribution >= 0.6 is 22.6 Å². The largest absolute Gasteiger partial charge is 0.455 e. The number of rotatable bonds is 2. The van der Waals surface area contributed by atoms with E-state index in [4.69, 9.17) is 4.74 Å². The Labute approximate surface area is 115 Å². The van der Waals surface area contributed by atoms with Crippen LogP contribution in [0.25, 0.3) is 0 Å². The van der Waals surface area contributed by atoms with Crippen LogP contribution in [0.2, 0.25) is 0 Å². The summed E-state index contributed by atoms with van der Waals surface area (Å²) < 4.78 is 5.10. The number of hydrogen-bond acceptors (Lipinski definition) is 3. The maximum atomic E-state index is 11.9. The maximum absolute atomic E-state index is 11.9. The van der Waals surface area contributed by atoms with E-state index in [1.807, 2.05) is 13.8 Å². The standard InChI is InChI=1S/C12H18INO3/c1-12(2,13)11(16)17-10-5-7-4-8(15)6-9(10)14(7)3/h7,9-10H,4-6H2,1-3H3/p+1. The molecule has 4 unspecified atom stereocenters. The quantitative estimate of drug-likeness (QED) is 0.437. The van der Waals surface area contributed by atoms with Crippen LogP contribution in [-0.2, 0) is 14.3 Å². The molecule has 0 saturated carbocycles. The van der Waals surface area contributed by atoms with E-state index in [1.54, 1.807) is 0 Å². The molecule has 2 bridgehead atoms. The molecule has 2 heterocycles. The van der Waals surface area contributed by atoms with Gasteiger partial charge in [0.2, 0.25) is 0 Å². The van der Waals surface area contributed by atoms with Crippen LogP contribution in [0, 0.1) is 0 Å². The fourth-order valence-corrected chi connectivity index (χ4v) is 2.90. The number of ketones is 1. The van der Waals surface area contributed by atoms with Gasteiger partial charge >= 0.3 is 5.97 Å². The van der Waals surface area contributed by atoms with Crippen molar-refractivity contribution in [2.24, 2.45) is 0 Å². The molecule has 0 spiro atoms. The summed E-state index contributed by atoms with van der Waals surface area (Å²) in [6.45, 7) is 3.69. The van der Waals surface area contributed by atoms with Gasteiger partial charge in [0, 0.05) is 6.42 Å². The molecule has 0 radical (unpaired) electrons.